The quantitative estimate of drug-likeness (QED) is 0.248. The summed E-state index contributed by atoms with van der Waals surface area (Å²) in [4.78, 5) is 26.9. The Morgan fingerprint density at radius 2 is 1.44 bits per heavy atom. The number of aliphatic hydroxyl groups is 4. The molecule has 1 saturated heterocycles. The van der Waals surface area contributed by atoms with Gasteiger partial charge in [0.15, 0.2) is 23.1 Å². The van der Waals surface area contributed by atoms with Crippen molar-refractivity contribution in [2.75, 3.05) is 0 Å². The van der Waals surface area contributed by atoms with E-state index in [0.29, 0.717) is 31.2 Å². The summed E-state index contributed by atoms with van der Waals surface area (Å²) in [5.41, 5.74) is -0.103. The lowest BCUT2D eigenvalue weighted by molar-refractivity contribution is -0.308. The van der Waals surface area contributed by atoms with Gasteiger partial charge in [0.1, 0.15) is 24.4 Å². The topological polar surface area (TPSA) is 154 Å². The number of carbonyl (C=O) groups is 2. The monoisotopic (exact) mass is 560 g/mol. The van der Waals surface area contributed by atoms with Crippen molar-refractivity contribution >= 4 is 11.6 Å². The summed E-state index contributed by atoms with van der Waals surface area (Å²) in [7, 11) is 0. The number of ketones is 2. The van der Waals surface area contributed by atoms with Gasteiger partial charge in [-0.1, -0.05) is 73.9 Å². The van der Waals surface area contributed by atoms with E-state index in [2.05, 4.69) is 0 Å². The maximum Gasteiger partial charge on any atom is 0.229 e. The van der Waals surface area contributed by atoms with E-state index in [1.165, 1.54) is 12.1 Å². The first-order chi connectivity index (χ1) is 19.7. The van der Waals surface area contributed by atoms with Gasteiger partial charge in [0.2, 0.25) is 6.29 Å². The van der Waals surface area contributed by atoms with Crippen LogP contribution in [0.4, 0.5) is 0 Å². The van der Waals surface area contributed by atoms with Crippen LogP contribution < -0.4 is 4.74 Å². The molecule has 1 aliphatic heterocycles. The molecule has 6 rings (SSSR count). The first-order valence-electron chi connectivity index (χ1n) is 13.9. The average molecular weight is 561 g/mol. The van der Waals surface area contributed by atoms with Gasteiger partial charge in [0.25, 0.3) is 0 Å². The van der Waals surface area contributed by atoms with Crippen LogP contribution in [0.1, 0.15) is 75.1 Å². The lowest BCUT2D eigenvalue weighted by Crippen LogP contribution is -2.65. The second-order valence-corrected chi connectivity index (χ2v) is 11.2. The molecule has 0 amide bonds. The standard InChI is InChI=1S/C32H32O9/c33-23-19-11-5-6-12-20(19)24(34)22-21(23)16-18(15-17-9-3-1-4-10-17)29(25(22)35)40-31-28(38)26(36)27(37)30(41-31)32(39)13-7-2-8-14-32/h1,3-6,9-12,16,26-28,30-31,35-39H,2,7-8,13-15H2/t26-,27-,28+,30-,31+/m1/s1. The van der Waals surface area contributed by atoms with Crippen LogP contribution in [0.2, 0.25) is 0 Å². The normalized spacial score (nSPS) is 27.2. The molecular formula is C32H32O9. The Balaban J connectivity index is 1.43. The predicted molar refractivity (Wildman–Crippen MR) is 146 cm³/mol. The van der Waals surface area contributed by atoms with E-state index < -0.39 is 53.6 Å². The number of aliphatic hydroxyl groups excluding tert-OH is 3. The first-order valence-corrected chi connectivity index (χ1v) is 13.9. The van der Waals surface area contributed by atoms with E-state index >= 15 is 0 Å². The van der Waals surface area contributed by atoms with E-state index in [-0.39, 0.29) is 34.4 Å². The molecule has 1 heterocycles. The molecule has 9 heteroatoms. The van der Waals surface area contributed by atoms with Gasteiger partial charge in [-0.25, -0.2) is 0 Å². The molecule has 0 aromatic heterocycles. The minimum absolute atomic E-state index is 0.0273. The smallest absolute Gasteiger partial charge is 0.229 e. The molecule has 0 spiro atoms. The number of ether oxygens (including phenoxy) is 2. The molecule has 2 fully saturated rings. The number of phenols is 1. The molecule has 0 unspecified atom stereocenters. The Morgan fingerprint density at radius 1 is 0.805 bits per heavy atom. The van der Waals surface area contributed by atoms with Crippen LogP contribution in [0.3, 0.4) is 0 Å². The van der Waals surface area contributed by atoms with E-state index in [4.69, 9.17) is 9.47 Å². The summed E-state index contributed by atoms with van der Waals surface area (Å²) >= 11 is 0. The fourth-order valence-electron chi connectivity index (χ4n) is 6.31. The van der Waals surface area contributed by atoms with Gasteiger partial charge in [0.05, 0.1) is 11.2 Å². The summed E-state index contributed by atoms with van der Waals surface area (Å²) in [6, 6.07) is 17.1. The van der Waals surface area contributed by atoms with Crippen LogP contribution in [0, 0.1) is 0 Å². The van der Waals surface area contributed by atoms with Gasteiger partial charge in [-0.05, 0) is 24.5 Å². The Morgan fingerprint density at radius 3 is 2.12 bits per heavy atom. The maximum absolute atomic E-state index is 13.5. The second-order valence-electron chi connectivity index (χ2n) is 11.2. The third-order valence-corrected chi connectivity index (χ3v) is 8.51. The number of carbonyl (C=O) groups excluding carboxylic acids is 2. The fourth-order valence-corrected chi connectivity index (χ4v) is 6.31. The molecule has 5 N–H and O–H groups in total. The molecule has 41 heavy (non-hydrogen) atoms. The van der Waals surface area contributed by atoms with E-state index in [9.17, 15) is 35.1 Å². The summed E-state index contributed by atoms with van der Waals surface area (Å²) < 4.78 is 12.0. The Bertz CT molecular complexity index is 1480. The Hall–Kier alpha value is -3.60. The highest BCUT2D eigenvalue weighted by Gasteiger charge is 2.53. The van der Waals surface area contributed by atoms with Gasteiger partial charge in [0, 0.05) is 28.7 Å². The van der Waals surface area contributed by atoms with Crippen molar-refractivity contribution in [3.63, 3.8) is 0 Å². The van der Waals surface area contributed by atoms with E-state index in [1.54, 1.807) is 18.2 Å². The summed E-state index contributed by atoms with van der Waals surface area (Å²) in [6.45, 7) is 0. The molecule has 214 valence electrons. The number of rotatable bonds is 5. The van der Waals surface area contributed by atoms with Crippen LogP contribution >= 0.6 is 0 Å². The zero-order valence-corrected chi connectivity index (χ0v) is 22.3. The van der Waals surface area contributed by atoms with Crippen molar-refractivity contribution in [2.45, 2.75) is 74.8 Å². The second kappa shape index (κ2) is 10.7. The highest BCUT2D eigenvalue weighted by atomic mass is 16.7. The molecule has 2 aliphatic carbocycles. The fraction of sp³-hybridized carbons (Fsp3) is 0.375. The van der Waals surface area contributed by atoms with E-state index in [0.717, 1.165) is 12.0 Å². The van der Waals surface area contributed by atoms with Crippen molar-refractivity contribution in [2.24, 2.45) is 0 Å². The Kier molecular flexibility index (Phi) is 7.17. The third-order valence-electron chi connectivity index (χ3n) is 8.51. The van der Waals surface area contributed by atoms with Crippen molar-refractivity contribution in [3.8, 4) is 11.5 Å². The van der Waals surface area contributed by atoms with E-state index in [1.807, 2.05) is 30.3 Å². The lowest BCUT2D eigenvalue weighted by atomic mass is 9.76. The lowest BCUT2D eigenvalue weighted by Gasteiger charge is -2.48. The number of hydrogen-bond donors (Lipinski definition) is 5. The molecule has 1 saturated carbocycles. The van der Waals surface area contributed by atoms with Crippen molar-refractivity contribution < 1.29 is 44.6 Å². The highest BCUT2D eigenvalue weighted by Crippen LogP contribution is 2.44. The van der Waals surface area contributed by atoms with Gasteiger partial charge in [-0.3, -0.25) is 9.59 Å². The minimum Gasteiger partial charge on any atom is -0.504 e. The zero-order chi connectivity index (χ0) is 28.9. The Labute approximate surface area is 236 Å². The van der Waals surface area contributed by atoms with Crippen molar-refractivity contribution in [3.05, 3.63) is 94.0 Å². The van der Waals surface area contributed by atoms with Gasteiger partial charge < -0.3 is 35.0 Å². The number of hydrogen-bond acceptors (Lipinski definition) is 9. The van der Waals surface area contributed by atoms with Crippen LogP contribution in [-0.2, 0) is 11.2 Å². The zero-order valence-electron chi connectivity index (χ0n) is 22.3. The maximum atomic E-state index is 13.5. The summed E-state index contributed by atoms with van der Waals surface area (Å²) in [5, 5.41) is 55.2. The van der Waals surface area contributed by atoms with Gasteiger partial charge in [-0.15, -0.1) is 0 Å². The summed E-state index contributed by atoms with van der Waals surface area (Å²) in [5.74, 6) is -1.77. The largest absolute Gasteiger partial charge is 0.504 e. The molecule has 5 atom stereocenters. The van der Waals surface area contributed by atoms with Gasteiger partial charge in [-0.2, -0.15) is 0 Å². The SMILES string of the molecule is O=C1c2ccccc2C(=O)c2c1cc(Cc1ccccc1)c(O[C@H]1O[C@@H](C3(O)CCCCC3)[C@H](O)[C@@H](O)[C@@H]1O)c2O. The molecular weight excluding hydrogens is 528 g/mol. The van der Waals surface area contributed by atoms with Crippen LogP contribution in [0.25, 0.3) is 0 Å². The first kappa shape index (κ1) is 27.6. The molecule has 3 aromatic rings. The molecule has 3 aliphatic rings. The molecule has 0 radical (unpaired) electrons. The van der Waals surface area contributed by atoms with Crippen LogP contribution in [-0.4, -0.2) is 73.4 Å². The van der Waals surface area contributed by atoms with Crippen molar-refractivity contribution in [1.82, 2.24) is 0 Å². The number of phenolic OH excluding ortho intramolecular Hbond substituents is 1. The van der Waals surface area contributed by atoms with Gasteiger partial charge >= 0.3 is 0 Å². The predicted octanol–water partition coefficient (Wildman–Crippen LogP) is 2.64. The van der Waals surface area contributed by atoms with Crippen LogP contribution in [0.15, 0.2) is 60.7 Å². The number of benzene rings is 3. The van der Waals surface area contributed by atoms with Crippen molar-refractivity contribution in [1.29, 1.82) is 0 Å². The minimum atomic E-state index is -1.74. The highest BCUT2D eigenvalue weighted by molar-refractivity contribution is 6.29. The van der Waals surface area contributed by atoms with Crippen LogP contribution in [0.5, 0.6) is 11.5 Å². The summed E-state index contributed by atoms with van der Waals surface area (Å²) in [6.07, 6.45) is -4.71. The molecule has 9 nitrogen and oxygen atoms in total. The molecule has 0 bridgehead atoms. The third kappa shape index (κ3) is 4.73. The molecule has 3 aromatic carbocycles. The number of fused-ring (bicyclic) bond motifs is 2. The average Bonchev–Trinajstić information content (AvgIpc) is 2.98. The number of aromatic hydroxyl groups is 1.